The lowest BCUT2D eigenvalue weighted by molar-refractivity contribution is -0.0318. The molecule has 0 bridgehead atoms. The third kappa shape index (κ3) is 3.03. The Morgan fingerprint density at radius 3 is 1.86 bits per heavy atom. The van der Waals surface area contributed by atoms with E-state index < -0.39 is 29.6 Å². The van der Waals surface area contributed by atoms with E-state index in [-0.39, 0.29) is 11.8 Å². The summed E-state index contributed by atoms with van der Waals surface area (Å²) in [5.74, 6) is -1.39. The van der Waals surface area contributed by atoms with Crippen LogP contribution in [0.3, 0.4) is 0 Å². The molecule has 7 rings (SSSR count). The fraction of sp³-hybridized carbons (Fsp3) is 0.161. The number of rotatable bonds is 4. The summed E-state index contributed by atoms with van der Waals surface area (Å²) in [5.41, 5.74) is 4.50. The molecule has 0 N–H and O–H groups in total. The second-order valence-electron chi connectivity index (χ2n) is 9.73. The SMILES string of the molecule is O=C(OC1C(OC(=O)c2ccccc2)C2c3c(Cl)cccc3C23c2cc(Cl)ccc2C13)c1ccccc1. The molecule has 5 atom stereocenters. The predicted octanol–water partition coefficient (Wildman–Crippen LogP) is 6.94. The van der Waals surface area contributed by atoms with Crippen LogP contribution in [0, 0.1) is 0 Å². The highest BCUT2D eigenvalue weighted by Crippen LogP contribution is 2.77. The summed E-state index contributed by atoms with van der Waals surface area (Å²) in [6.07, 6.45) is -1.44. The first-order valence-corrected chi connectivity index (χ1v) is 12.9. The van der Waals surface area contributed by atoms with E-state index in [9.17, 15) is 9.59 Å². The Bertz CT molecular complexity index is 1570. The summed E-state index contributed by atoms with van der Waals surface area (Å²) in [6, 6.07) is 29.3. The first kappa shape index (κ1) is 22.6. The quantitative estimate of drug-likeness (QED) is 0.270. The molecule has 0 aliphatic heterocycles. The summed E-state index contributed by atoms with van der Waals surface area (Å²) in [5, 5.41) is 1.24. The summed E-state index contributed by atoms with van der Waals surface area (Å²) < 4.78 is 12.4. The number of hydrogen-bond donors (Lipinski definition) is 0. The van der Waals surface area contributed by atoms with Gasteiger partial charge in [-0.25, -0.2) is 9.59 Å². The molecule has 182 valence electrons. The molecule has 3 aliphatic carbocycles. The predicted molar refractivity (Wildman–Crippen MR) is 140 cm³/mol. The van der Waals surface area contributed by atoms with Gasteiger partial charge in [0.25, 0.3) is 0 Å². The second kappa shape index (κ2) is 8.20. The first-order chi connectivity index (χ1) is 18.0. The van der Waals surface area contributed by atoms with Crippen molar-refractivity contribution in [2.45, 2.75) is 29.5 Å². The van der Waals surface area contributed by atoms with Crippen LogP contribution in [0.2, 0.25) is 10.0 Å². The smallest absolute Gasteiger partial charge is 0.338 e. The van der Waals surface area contributed by atoms with Gasteiger partial charge in [-0.2, -0.15) is 0 Å². The van der Waals surface area contributed by atoms with Gasteiger partial charge in [0.15, 0.2) is 0 Å². The van der Waals surface area contributed by atoms with Crippen molar-refractivity contribution in [1.82, 2.24) is 0 Å². The van der Waals surface area contributed by atoms with Gasteiger partial charge < -0.3 is 9.47 Å². The van der Waals surface area contributed by atoms with E-state index in [0.29, 0.717) is 21.2 Å². The van der Waals surface area contributed by atoms with Gasteiger partial charge in [0.2, 0.25) is 0 Å². The fourth-order valence-electron chi connectivity index (χ4n) is 6.74. The minimum absolute atomic E-state index is 0.197. The number of ether oxygens (including phenoxy) is 2. The van der Waals surface area contributed by atoms with Crippen molar-refractivity contribution >= 4 is 35.1 Å². The molecule has 0 aromatic heterocycles. The van der Waals surface area contributed by atoms with Crippen LogP contribution in [0.15, 0.2) is 97.1 Å². The highest BCUT2D eigenvalue weighted by molar-refractivity contribution is 6.32. The van der Waals surface area contributed by atoms with Crippen LogP contribution in [0.5, 0.6) is 0 Å². The van der Waals surface area contributed by atoms with Crippen molar-refractivity contribution < 1.29 is 19.1 Å². The van der Waals surface area contributed by atoms with Gasteiger partial charge in [-0.05, 0) is 64.7 Å². The van der Waals surface area contributed by atoms with E-state index in [1.807, 2.05) is 42.5 Å². The van der Waals surface area contributed by atoms with Crippen LogP contribution < -0.4 is 0 Å². The maximum Gasteiger partial charge on any atom is 0.338 e. The van der Waals surface area contributed by atoms with Crippen LogP contribution in [-0.2, 0) is 14.9 Å². The Morgan fingerprint density at radius 1 is 0.649 bits per heavy atom. The van der Waals surface area contributed by atoms with E-state index in [4.69, 9.17) is 32.7 Å². The topological polar surface area (TPSA) is 52.6 Å². The molecule has 5 unspecified atom stereocenters. The van der Waals surface area contributed by atoms with Gasteiger partial charge in [-0.1, -0.05) is 77.8 Å². The molecule has 0 saturated heterocycles. The molecule has 0 amide bonds. The number of benzene rings is 4. The minimum Gasteiger partial charge on any atom is -0.454 e. The zero-order chi connectivity index (χ0) is 25.3. The molecule has 6 heteroatoms. The number of halogens is 2. The zero-order valence-electron chi connectivity index (χ0n) is 19.4. The minimum atomic E-state index is -0.732. The summed E-state index contributed by atoms with van der Waals surface area (Å²) >= 11 is 13.2. The molecule has 4 aromatic carbocycles. The number of carbonyl (C=O) groups is 2. The lowest BCUT2D eigenvalue weighted by Gasteiger charge is -2.58. The molecular weight excluding hydrogens is 507 g/mol. The molecule has 0 radical (unpaired) electrons. The third-order valence-electron chi connectivity index (χ3n) is 8.07. The monoisotopic (exact) mass is 526 g/mol. The molecule has 1 fully saturated rings. The average Bonchev–Trinajstić information content (AvgIpc) is 3.09. The molecule has 0 heterocycles. The first-order valence-electron chi connectivity index (χ1n) is 12.1. The van der Waals surface area contributed by atoms with Crippen molar-refractivity contribution in [1.29, 1.82) is 0 Å². The molecule has 4 aromatic rings. The molecule has 1 spiro atoms. The largest absolute Gasteiger partial charge is 0.454 e. The Morgan fingerprint density at radius 2 is 1.24 bits per heavy atom. The van der Waals surface area contributed by atoms with Gasteiger partial charge in [-0.15, -0.1) is 0 Å². The summed E-state index contributed by atoms with van der Waals surface area (Å²) in [6.45, 7) is 0. The van der Waals surface area contributed by atoms with Crippen LogP contribution in [-0.4, -0.2) is 24.1 Å². The standard InChI is InChI=1S/C31H20Cl2O4/c32-19-14-15-20-22(16-19)31-21-12-7-13-23(33)24(21)26(31)28(37-30(35)18-10-5-2-6-11-18)27(25(20)31)36-29(34)17-8-3-1-4-9-17/h1-16,25-28H. The lowest BCUT2D eigenvalue weighted by Crippen LogP contribution is -2.53. The number of carbonyl (C=O) groups excluding carboxylic acids is 2. The van der Waals surface area contributed by atoms with Gasteiger partial charge in [0, 0.05) is 27.3 Å². The van der Waals surface area contributed by atoms with Crippen LogP contribution in [0.1, 0.15) is 54.8 Å². The second-order valence-corrected chi connectivity index (χ2v) is 10.6. The van der Waals surface area contributed by atoms with E-state index in [0.717, 1.165) is 22.3 Å². The Kier molecular flexibility index (Phi) is 5.01. The van der Waals surface area contributed by atoms with Crippen molar-refractivity contribution in [3.63, 3.8) is 0 Å². The Hall–Kier alpha value is -3.60. The maximum absolute atomic E-state index is 13.3. The lowest BCUT2D eigenvalue weighted by atomic mass is 9.43. The highest BCUT2D eigenvalue weighted by atomic mass is 35.5. The molecule has 37 heavy (non-hydrogen) atoms. The van der Waals surface area contributed by atoms with Crippen LogP contribution in [0.4, 0.5) is 0 Å². The number of hydrogen-bond acceptors (Lipinski definition) is 4. The maximum atomic E-state index is 13.3. The normalized spacial score (nSPS) is 25.9. The molecule has 4 nitrogen and oxygen atoms in total. The van der Waals surface area contributed by atoms with Gasteiger partial charge in [-0.3, -0.25) is 0 Å². The fourth-order valence-corrected chi connectivity index (χ4v) is 7.20. The van der Waals surface area contributed by atoms with Gasteiger partial charge >= 0.3 is 11.9 Å². The Labute approximate surface area is 223 Å². The van der Waals surface area contributed by atoms with E-state index in [2.05, 4.69) is 6.07 Å². The summed E-state index contributed by atoms with van der Waals surface area (Å²) in [4.78, 5) is 26.6. The number of esters is 2. The van der Waals surface area contributed by atoms with Crippen molar-refractivity contribution in [2.24, 2.45) is 0 Å². The van der Waals surface area contributed by atoms with E-state index in [1.165, 1.54) is 0 Å². The van der Waals surface area contributed by atoms with Crippen LogP contribution >= 0.6 is 23.2 Å². The van der Waals surface area contributed by atoms with E-state index in [1.54, 1.807) is 48.5 Å². The average molecular weight is 527 g/mol. The molecular formula is C31H20Cl2O4. The third-order valence-corrected chi connectivity index (χ3v) is 8.64. The van der Waals surface area contributed by atoms with Crippen molar-refractivity contribution in [3.05, 3.63) is 140 Å². The number of fused-ring (bicyclic) bond motifs is 4. The summed E-state index contributed by atoms with van der Waals surface area (Å²) in [7, 11) is 0. The van der Waals surface area contributed by atoms with Crippen LogP contribution in [0.25, 0.3) is 0 Å². The van der Waals surface area contributed by atoms with Crippen molar-refractivity contribution in [3.8, 4) is 0 Å². The van der Waals surface area contributed by atoms with Gasteiger partial charge in [0.1, 0.15) is 12.2 Å². The Balaban J connectivity index is 1.37. The van der Waals surface area contributed by atoms with Crippen molar-refractivity contribution in [2.75, 3.05) is 0 Å². The zero-order valence-corrected chi connectivity index (χ0v) is 20.9. The van der Waals surface area contributed by atoms with E-state index >= 15 is 0 Å². The molecule has 3 aliphatic rings. The van der Waals surface area contributed by atoms with Gasteiger partial charge in [0.05, 0.1) is 11.1 Å². The highest BCUT2D eigenvalue weighted by Gasteiger charge is 2.76. The molecule has 1 saturated carbocycles.